The molecule has 0 bridgehead atoms. The molecule has 1 aliphatic rings. The molecule has 1 saturated heterocycles. The number of hydrogen-bond donors (Lipinski definition) is 0. The SMILES string of the molecule is Cc1nn([C@@H]2CCS(=O)(=O)C2)c(Cl)c1/C=C/C(=O)OCC(=O)c1cc(C)n(-c2ccccc2)c1C. The van der Waals surface area contributed by atoms with Gasteiger partial charge in [0.2, 0.25) is 5.78 Å². The third-order valence-corrected chi connectivity index (χ3v) is 8.23. The third kappa shape index (κ3) is 5.26. The van der Waals surface area contributed by atoms with E-state index in [4.69, 9.17) is 16.3 Å². The lowest BCUT2D eigenvalue weighted by Gasteiger charge is -2.09. The van der Waals surface area contributed by atoms with Gasteiger partial charge in [-0.1, -0.05) is 29.8 Å². The summed E-state index contributed by atoms with van der Waals surface area (Å²) in [6, 6.07) is 11.2. The van der Waals surface area contributed by atoms with E-state index in [1.165, 1.54) is 16.8 Å². The molecule has 1 atom stereocenters. The molecule has 8 nitrogen and oxygen atoms in total. The summed E-state index contributed by atoms with van der Waals surface area (Å²) in [6.45, 7) is 5.10. The molecule has 35 heavy (non-hydrogen) atoms. The molecule has 0 saturated carbocycles. The number of rotatable bonds is 7. The van der Waals surface area contributed by atoms with Crippen LogP contribution < -0.4 is 0 Å². The van der Waals surface area contributed by atoms with Crippen molar-refractivity contribution in [3.8, 4) is 5.69 Å². The van der Waals surface area contributed by atoms with E-state index >= 15 is 0 Å². The second kappa shape index (κ2) is 9.83. The number of carbonyl (C=O) groups is 2. The van der Waals surface area contributed by atoms with Gasteiger partial charge in [0.05, 0.1) is 23.2 Å². The molecule has 0 aliphatic carbocycles. The van der Waals surface area contributed by atoms with Crippen molar-refractivity contribution in [2.24, 2.45) is 0 Å². The fourth-order valence-corrected chi connectivity index (χ4v) is 6.43. The van der Waals surface area contributed by atoms with Crippen LogP contribution in [0.15, 0.2) is 42.5 Å². The lowest BCUT2D eigenvalue weighted by molar-refractivity contribution is -0.136. The monoisotopic (exact) mass is 515 g/mol. The summed E-state index contributed by atoms with van der Waals surface area (Å²) >= 11 is 6.42. The predicted octanol–water partition coefficient (Wildman–Crippen LogP) is 4.05. The number of esters is 1. The second-order valence-corrected chi connectivity index (χ2v) is 11.2. The Hall–Kier alpha value is -3.17. The summed E-state index contributed by atoms with van der Waals surface area (Å²) in [6.07, 6.45) is 3.10. The molecule has 2 aromatic heterocycles. The summed E-state index contributed by atoms with van der Waals surface area (Å²) in [5, 5.41) is 4.62. The average Bonchev–Trinajstić information content (AvgIpc) is 3.43. The molecule has 184 valence electrons. The minimum Gasteiger partial charge on any atom is -0.454 e. The highest BCUT2D eigenvalue weighted by atomic mass is 35.5. The Balaban J connectivity index is 1.41. The van der Waals surface area contributed by atoms with Gasteiger partial charge >= 0.3 is 5.97 Å². The van der Waals surface area contributed by atoms with Crippen LogP contribution in [-0.4, -0.2) is 52.6 Å². The second-order valence-electron chi connectivity index (χ2n) is 8.61. The molecule has 1 aromatic carbocycles. The molecule has 3 heterocycles. The number of Topliss-reactive ketones (excluding diaryl/α,β-unsaturated/α-hetero) is 1. The zero-order valence-corrected chi connectivity index (χ0v) is 21.3. The number of sulfone groups is 1. The van der Waals surface area contributed by atoms with Gasteiger partial charge in [-0.25, -0.2) is 17.9 Å². The fourth-order valence-electron chi connectivity index (χ4n) is 4.37. The first-order valence-corrected chi connectivity index (χ1v) is 13.3. The van der Waals surface area contributed by atoms with Gasteiger partial charge in [0.25, 0.3) is 0 Å². The lowest BCUT2D eigenvalue weighted by Crippen LogP contribution is -2.13. The number of aromatic nitrogens is 3. The van der Waals surface area contributed by atoms with Crippen molar-refractivity contribution in [3.05, 3.63) is 75.8 Å². The molecule has 3 aromatic rings. The number of hydrogen-bond acceptors (Lipinski definition) is 6. The van der Waals surface area contributed by atoms with Crippen LogP contribution in [0.4, 0.5) is 0 Å². The van der Waals surface area contributed by atoms with Crippen molar-refractivity contribution in [3.63, 3.8) is 0 Å². The number of ketones is 1. The zero-order valence-electron chi connectivity index (χ0n) is 19.7. The first-order valence-electron chi connectivity index (χ1n) is 11.1. The van der Waals surface area contributed by atoms with Crippen molar-refractivity contribution in [2.75, 3.05) is 18.1 Å². The van der Waals surface area contributed by atoms with Crippen molar-refractivity contribution in [1.29, 1.82) is 0 Å². The quantitative estimate of drug-likeness (QED) is 0.267. The molecule has 1 aliphatic heterocycles. The van der Waals surface area contributed by atoms with Crippen molar-refractivity contribution in [1.82, 2.24) is 14.3 Å². The Morgan fingerprint density at radius 2 is 1.91 bits per heavy atom. The van der Waals surface area contributed by atoms with E-state index in [0.29, 0.717) is 23.2 Å². The van der Waals surface area contributed by atoms with Crippen molar-refractivity contribution < 1.29 is 22.7 Å². The number of halogens is 1. The third-order valence-electron chi connectivity index (χ3n) is 6.10. The van der Waals surface area contributed by atoms with Gasteiger partial charge < -0.3 is 9.30 Å². The van der Waals surface area contributed by atoms with Gasteiger partial charge in [-0.3, -0.25) is 4.79 Å². The topological polar surface area (TPSA) is 100 Å². The maximum absolute atomic E-state index is 12.8. The van der Waals surface area contributed by atoms with Gasteiger partial charge in [-0.15, -0.1) is 0 Å². The molecule has 10 heteroatoms. The van der Waals surface area contributed by atoms with Gasteiger partial charge in [0.15, 0.2) is 16.4 Å². The number of nitrogens with zero attached hydrogens (tertiary/aromatic N) is 3. The summed E-state index contributed by atoms with van der Waals surface area (Å²) < 4.78 is 32.2. The maximum Gasteiger partial charge on any atom is 0.331 e. The highest BCUT2D eigenvalue weighted by Crippen LogP contribution is 2.30. The Morgan fingerprint density at radius 1 is 1.20 bits per heavy atom. The van der Waals surface area contributed by atoms with Crippen LogP contribution in [0.3, 0.4) is 0 Å². The largest absolute Gasteiger partial charge is 0.454 e. The fraction of sp³-hybridized carbons (Fsp3) is 0.320. The van der Waals surface area contributed by atoms with Crippen LogP contribution in [0.5, 0.6) is 0 Å². The van der Waals surface area contributed by atoms with E-state index < -0.39 is 22.4 Å². The molecule has 0 amide bonds. The standard InChI is InChI=1S/C25H26ClN3O5S/c1-16-13-22(18(3)28(16)19-7-5-4-6-8-19)23(30)14-34-24(31)10-9-21-17(2)27-29(25(21)26)20-11-12-35(32,33)15-20/h4-10,13,20H,11-12,14-15H2,1-3H3/b10-9+/t20-/m1/s1. The van der Waals surface area contributed by atoms with Crippen LogP contribution >= 0.6 is 11.6 Å². The van der Waals surface area contributed by atoms with Gasteiger partial charge in [0.1, 0.15) is 5.15 Å². The summed E-state index contributed by atoms with van der Waals surface area (Å²) in [5.74, 6) is -0.897. The molecule has 0 radical (unpaired) electrons. The van der Waals surface area contributed by atoms with Crippen LogP contribution in [0, 0.1) is 20.8 Å². The minimum atomic E-state index is -3.09. The summed E-state index contributed by atoms with van der Waals surface area (Å²) in [5.41, 5.74) is 4.19. The first-order chi connectivity index (χ1) is 16.6. The smallest absolute Gasteiger partial charge is 0.331 e. The number of benzene rings is 1. The Bertz CT molecular complexity index is 1420. The Labute approximate surface area is 209 Å². The number of para-hydroxylation sites is 1. The van der Waals surface area contributed by atoms with E-state index in [2.05, 4.69) is 5.10 Å². The number of aryl methyl sites for hydroxylation is 2. The van der Waals surface area contributed by atoms with Crippen LogP contribution in [0.1, 0.15) is 45.5 Å². The lowest BCUT2D eigenvalue weighted by atomic mass is 10.1. The molecule has 4 rings (SSSR count). The molecule has 1 fully saturated rings. The normalized spacial score (nSPS) is 17.2. The van der Waals surface area contributed by atoms with Gasteiger partial charge in [0, 0.05) is 34.3 Å². The Morgan fingerprint density at radius 3 is 2.57 bits per heavy atom. The molecule has 0 unspecified atom stereocenters. The number of ether oxygens (including phenoxy) is 1. The predicted molar refractivity (Wildman–Crippen MR) is 134 cm³/mol. The summed E-state index contributed by atoms with van der Waals surface area (Å²) in [7, 11) is -3.09. The van der Waals surface area contributed by atoms with Crippen molar-refractivity contribution >= 4 is 39.3 Å². The van der Waals surface area contributed by atoms with E-state index in [1.807, 2.05) is 48.7 Å². The van der Waals surface area contributed by atoms with E-state index in [9.17, 15) is 18.0 Å². The highest BCUT2D eigenvalue weighted by Gasteiger charge is 2.31. The average molecular weight is 516 g/mol. The first kappa shape index (κ1) is 24.9. The van der Waals surface area contributed by atoms with Crippen LogP contribution in [0.25, 0.3) is 11.8 Å². The van der Waals surface area contributed by atoms with E-state index in [-0.39, 0.29) is 28.5 Å². The molecule has 0 N–H and O–H groups in total. The molecular weight excluding hydrogens is 490 g/mol. The van der Waals surface area contributed by atoms with E-state index in [1.54, 1.807) is 13.0 Å². The molecule has 0 spiro atoms. The minimum absolute atomic E-state index is 0.00790. The number of carbonyl (C=O) groups excluding carboxylic acids is 2. The Kier molecular flexibility index (Phi) is 7.00. The summed E-state index contributed by atoms with van der Waals surface area (Å²) in [4.78, 5) is 25.0. The van der Waals surface area contributed by atoms with Gasteiger partial charge in [-0.2, -0.15) is 5.10 Å². The van der Waals surface area contributed by atoms with Crippen LogP contribution in [0.2, 0.25) is 5.15 Å². The van der Waals surface area contributed by atoms with Crippen LogP contribution in [-0.2, 0) is 19.4 Å². The van der Waals surface area contributed by atoms with E-state index in [0.717, 1.165) is 17.1 Å². The zero-order chi connectivity index (χ0) is 25.3. The molecular formula is C25H26ClN3O5S. The highest BCUT2D eigenvalue weighted by molar-refractivity contribution is 7.91. The van der Waals surface area contributed by atoms with Gasteiger partial charge in [-0.05, 0) is 51.5 Å². The maximum atomic E-state index is 12.8. The van der Waals surface area contributed by atoms with Crippen molar-refractivity contribution in [2.45, 2.75) is 33.2 Å².